The van der Waals surface area contributed by atoms with Crippen LogP contribution in [0.25, 0.3) is 32.9 Å². The van der Waals surface area contributed by atoms with Gasteiger partial charge >= 0.3 is 12.1 Å². The number of piperazine rings is 1. The number of hydrogen-bond acceptors (Lipinski definition) is 9. The predicted octanol–water partition coefficient (Wildman–Crippen LogP) is 9.46. The number of aromatic nitrogens is 3. The van der Waals surface area contributed by atoms with Crippen molar-refractivity contribution < 1.29 is 37.3 Å². The van der Waals surface area contributed by atoms with Gasteiger partial charge in [0.1, 0.15) is 31.6 Å². The van der Waals surface area contributed by atoms with Crippen molar-refractivity contribution in [1.82, 2.24) is 30.1 Å². The summed E-state index contributed by atoms with van der Waals surface area (Å²) < 4.78 is 63.1. The summed E-state index contributed by atoms with van der Waals surface area (Å²) in [5.74, 6) is 3.32. The third-order valence-electron chi connectivity index (χ3n) is 13.9. The summed E-state index contributed by atoms with van der Waals surface area (Å²) in [4.78, 5) is 30.4. The molecule has 0 aliphatic carbocycles. The average molecular weight is 857 g/mol. The predicted molar refractivity (Wildman–Crippen MR) is 231 cm³/mol. The Morgan fingerprint density at radius 3 is 2.56 bits per heavy atom. The molecule has 4 fully saturated rings. The van der Waals surface area contributed by atoms with E-state index in [9.17, 15) is 18.7 Å². The van der Waals surface area contributed by atoms with E-state index in [2.05, 4.69) is 58.3 Å². The lowest BCUT2D eigenvalue weighted by atomic mass is 9.94. The Kier molecular flexibility index (Phi) is 11.9. The number of carboxylic acid groups (broad SMARTS) is 1. The molecule has 0 radical (unpaired) electrons. The number of hydrogen-bond donors (Lipinski definition) is 2. The third kappa shape index (κ3) is 7.53. The first kappa shape index (κ1) is 42.9. The summed E-state index contributed by atoms with van der Waals surface area (Å²) in [6.07, 6.45) is 1.77. The molecule has 11 nitrogen and oxygen atoms in total. The minimum absolute atomic E-state index is 0.0135. The molecule has 0 saturated carbocycles. The van der Waals surface area contributed by atoms with Crippen LogP contribution in [0.3, 0.4) is 0 Å². The van der Waals surface area contributed by atoms with Gasteiger partial charge in [0.15, 0.2) is 12.6 Å². The fourth-order valence-corrected chi connectivity index (χ4v) is 16.4. The van der Waals surface area contributed by atoms with E-state index >= 15 is 4.39 Å². The number of amides is 1. The molecule has 4 aliphatic heterocycles. The minimum atomic E-state index is -2.17. The Balaban J connectivity index is 1.31. The van der Waals surface area contributed by atoms with Crippen molar-refractivity contribution in [2.45, 2.75) is 114 Å². The highest BCUT2D eigenvalue weighted by molar-refractivity contribution is 6.90. The Hall–Kier alpha value is -4.75. The highest BCUT2D eigenvalue weighted by Gasteiger charge is 2.49. The molecule has 4 aliphatic rings. The fourth-order valence-electron chi connectivity index (χ4n) is 11.1. The lowest BCUT2D eigenvalue weighted by molar-refractivity contribution is 0.0512. The van der Waals surface area contributed by atoms with Gasteiger partial charge in [-0.15, -0.1) is 5.54 Å². The molecule has 1 amide bonds. The van der Waals surface area contributed by atoms with Crippen LogP contribution in [0.4, 0.5) is 18.0 Å². The van der Waals surface area contributed by atoms with Crippen LogP contribution in [0.2, 0.25) is 16.6 Å². The van der Waals surface area contributed by atoms with E-state index in [1.807, 2.05) is 29.2 Å². The molecule has 0 spiro atoms. The van der Waals surface area contributed by atoms with Gasteiger partial charge in [0.05, 0.1) is 23.3 Å². The molecule has 4 atom stereocenters. The maximum atomic E-state index is 17.8. The van der Waals surface area contributed by atoms with Gasteiger partial charge in [0.25, 0.3) is 6.08 Å². The van der Waals surface area contributed by atoms with Crippen LogP contribution >= 0.6 is 0 Å². The van der Waals surface area contributed by atoms with Crippen LogP contribution in [0.5, 0.6) is 11.8 Å². The second-order valence-corrected chi connectivity index (χ2v) is 23.7. The first-order valence-electron chi connectivity index (χ1n) is 21.4. The largest absolute Gasteiger partial charge is 0.468 e. The summed E-state index contributed by atoms with van der Waals surface area (Å²) in [5, 5.41) is 15.5. The topological polar surface area (TPSA) is 122 Å². The Morgan fingerprint density at radius 2 is 1.85 bits per heavy atom. The number of fused-ring (bicyclic) bond motifs is 5. The first-order valence-corrected chi connectivity index (χ1v) is 23.7. The highest BCUT2D eigenvalue weighted by atomic mass is 28.3. The zero-order valence-corrected chi connectivity index (χ0v) is 36.9. The van der Waals surface area contributed by atoms with Gasteiger partial charge in [0, 0.05) is 59.9 Å². The molecule has 2 bridgehead atoms. The fraction of sp³-hybridized carbons (Fsp3) is 0.522. The number of benzene rings is 2. The maximum Gasteiger partial charge on any atom is 0.407 e. The number of rotatable bonds is 11. The second-order valence-electron chi connectivity index (χ2n) is 18.1. The van der Waals surface area contributed by atoms with E-state index in [1.54, 1.807) is 12.3 Å². The maximum absolute atomic E-state index is 17.8. The molecule has 8 rings (SSSR count). The van der Waals surface area contributed by atoms with Crippen molar-refractivity contribution in [3.8, 4) is 34.5 Å². The molecule has 324 valence electrons. The molecule has 2 aromatic carbocycles. The summed E-state index contributed by atoms with van der Waals surface area (Å²) in [7, 11) is -0.638. The zero-order valence-electron chi connectivity index (χ0n) is 35.9. The molecule has 61 heavy (non-hydrogen) atoms. The quantitative estimate of drug-likeness (QED) is 0.0858. The monoisotopic (exact) mass is 856 g/mol. The smallest absolute Gasteiger partial charge is 0.407 e. The van der Waals surface area contributed by atoms with Crippen molar-refractivity contribution in [1.29, 1.82) is 0 Å². The third-order valence-corrected chi connectivity index (χ3v) is 20.2. The van der Waals surface area contributed by atoms with E-state index in [0.717, 1.165) is 17.4 Å². The molecule has 4 aromatic rings. The number of pyridine rings is 1. The standard InChI is InChI=1S/C46H55F3N6O5Si/c1-26(2)61(27(3)4,28(5)6)17-14-29-10-8-11-30-18-33(60-25-58-7)19-34(37(29)30)39-38(47)40-35(22-51-39)41(42-36-13-12-32(21-50-42)55(36)45(56)57)53-44(52-40)59-24-46-15-9-16-54(46)23-31(20-46)43(48)49/h8,10-11,18-19,22,26-28,32,36,42,50H,9,12-13,15-16,20-21,23-25H2,1-7H3,(H,56,57). The molecule has 2 aromatic heterocycles. The molecule has 4 unspecified atom stereocenters. The van der Waals surface area contributed by atoms with E-state index in [1.165, 1.54) is 12.0 Å². The summed E-state index contributed by atoms with van der Waals surface area (Å²) in [6, 6.07) is 8.08. The lowest BCUT2D eigenvalue weighted by Crippen LogP contribution is -2.55. The van der Waals surface area contributed by atoms with E-state index in [-0.39, 0.29) is 55.2 Å². The Morgan fingerprint density at radius 1 is 1.08 bits per heavy atom. The van der Waals surface area contributed by atoms with Gasteiger partial charge < -0.3 is 24.6 Å². The molecule has 6 heterocycles. The van der Waals surface area contributed by atoms with Crippen molar-refractivity contribution in [2.24, 2.45) is 0 Å². The normalized spacial score (nSPS) is 22.7. The van der Waals surface area contributed by atoms with Crippen LogP contribution < -0.4 is 14.8 Å². The van der Waals surface area contributed by atoms with Crippen LogP contribution in [0.1, 0.15) is 90.9 Å². The van der Waals surface area contributed by atoms with E-state index < -0.39 is 43.7 Å². The van der Waals surface area contributed by atoms with Gasteiger partial charge in [0.2, 0.25) is 0 Å². The van der Waals surface area contributed by atoms with Crippen molar-refractivity contribution in [3.05, 3.63) is 65.3 Å². The number of methoxy groups -OCH3 is 1. The molecule has 4 saturated heterocycles. The van der Waals surface area contributed by atoms with Crippen LogP contribution in [-0.4, -0.2) is 102 Å². The summed E-state index contributed by atoms with van der Waals surface area (Å²) in [6.45, 7) is 14.8. The molecule has 15 heteroatoms. The molecule has 2 N–H and O–H groups in total. The zero-order chi connectivity index (χ0) is 43.4. The second kappa shape index (κ2) is 16.8. The van der Waals surface area contributed by atoms with Gasteiger partial charge in [-0.2, -0.15) is 18.7 Å². The average Bonchev–Trinajstić information content (AvgIpc) is 3.88. The minimum Gasteiger partial charge on any atom is -0.468 e. The van der Waals surface area contributed by atoms with Crippen LogP contribution in [-0.2, 0) is 4.74 Å². The number of nitrogens with one attached hydrogen (secondary N) is 1. The van der Waals surface area contributed by atoms with Crippen LogP contribution in [0, 0.1) is 17.3 Å². The van der Waals surface area contributed by atoms with Crippen molar-refractivity contribution in [2.75, 3.05) is 40.1 Å². The first-order chi connectivity index (χ1) is 29.2. The SMILES string of the molecule is COCOc1cc(-c2ncc3c(C4NCC5CCC4N5C(=O)O)nc(OCC45CCCN4CC(=C(F)F)C5)nc3c2F)c2c(C#C[Si](C(C)C)(C(C)C)C(C)C)cccc2c1. The number of ether oxygens (including phenoxy) is 3. The number of halogens is 3. The van der Waals surface area contributed by atoms with E-state index in [4.69, 9.17) is 29.2 Å². The summed E-state index contributed by atoms with van der Waals surface area (Å²) in [5.41, 5.74) is 5.98. The molecular weight excluding hydrogens is 802 g/mol. The molecular formula is C46H55F3N6O5Si. The van der Waals surface area contributed by atoms with Crippen LogP contribution in [0.15, 0.2) is 48.2 Å². The van der Waals surface area contributed by atoms with E-state index in [0.29, 0.717) is 76.8 Å². The Bertz CT molecular complexity index is 2430. The van der Waals surface area contributed by atoms with Gasteiger partial charge in [-0.3, -0.25) is 14.8 Å². The summed E-state index contributed by atoms with van der Waals surface area (Å²) >= 11 is 0. The highest BCUT2D eigenvalue weighted by Crippen LogP contribution is 2.45. The van der Waals surface area contributed by atoms with Crippen molar-refractivity contribution >= 4 is 35.8 Å². The van der Waals surface area contributed by atoms with Gasteiger partial charge in [-0.25, -0.2) is 9.18 Å². The van der Waals surface area contributed by atoms with Gasteiger partial charge in [-0.1, -0.05) is 59.6 Å². The lowest BCUT2D eigenvalue weighted by Gasteiger charge is -2.39. The number of carbonyl (C=O) groups is 1. The van der Waals surface area contributed by atoms with Gasteiger partial charge in [-0.05, 0) is 78.9 Å². The number of nitrogens with zero attached hydrogens (tertiary/aromatic N) is 5. The Labute approximate surface area is 356 Å². The van der Waals surface area contributed by atoms with Crippen molar-refractivity contribution in [3.63, 3.8) is 0 Å².